The maximum Gasteiger partial charge on any atom is 0.349 e. The summed E-state index contributed by atoms with van der Waals surface area (Å²) in [5.74, 6) is -6.69. The second-order valence-corrected chi connectivity index (χ2v) is 4.41. The number of aliphatic carboxylic acids is 3. The molecule has 0 aromatic carbocycles. The van der Waals surface area contributed by atoms with E-state index in [9.17, 15) is 19.2 Å². The molecule has 0 aromatic heterocycles. The average Bonchev–Trinajstić information content (AvgIpc) is 2.25. The van der Waals surface area contributed by atoms with Crippen LogP contribution in [0.4, 0.5) is 0 Å². The number of esters is 1. The van der Waals surface area contributed by atoms with E-state index in [0.29, 0.717) is 0 Å². The van der Waals surface area contributed by atoms with Crippen molar-refractivity contribution >= 4 is 23.9 Å². The lowest BCUT2D eigenvalue weighted by atomic mass is 9.95. The topological polar surface area (TPSA) is 158 Å². The zero-order valence-corrected chi connectivity index (χ0v) is 10.7. The van der Waals surface area contributed by atoms with Gasteiger partial charge < -0.3 is 25.2 Å². The summed E-state index contributed by atoms with van der Waals surface area (Å²) in [5, 5.41) is 35.1. The van der Waals surface area contributed by atoms with Gasteiger partial charge in [-0.1, -0.05) is 6.92 Å². The lowest BCUT2D eigenvalue weighted by Gasteiger charge is -2.26. The van der Waals surface area contributed by atoms with Gasteiger partial charge in [0.15, 0.2) is 0 Å². The number of carbonyl (C=O) groups excluding carboxylic acids is 1. The summed E-state index contributed by atoms with van der Waals surface area (Å²) in [4.78, 5) is 44.0. The lowest BCUT2D eigenvalue weighted by molar-refractivity contribution is -0.186. The molecule has 0 radical (unpaired) electrons. The van der Waals surface area contributed by atoms with Crippen LogP contribution in [0.5, 0.6) is 0 Å². The first-order chi connectivity index (χ1) is 9.12. The van der Waals surface area contributed by atoms with E-state index in [1.54, 1.807) is 0 Å². The summed E-state index contributed by atoms with van der Waals surface area (Å²) in [7, 11) is 0. The number of ether oxygens (including phenoxy) is 1. The van der Waals surface area contributed by atoms with Gasteiger partial charge in [0, 0.05) is 6.61 Å². The minimum absolute atomic E-state index is 0.354. The van der Waals surface area contributed by atoms with Crippen LogP contribution in [0.25, 0.3) is 0 Å². The van der Waals surface area contributed by atoms with Crippen molar-refractivity contribution in [3.63, 3.8) is 0 Å². The molecule has 0 amide bonds. The molecule has 0 bridgehead atoms. The first-order valence-electron chi connectivity index (χ1n) is 5.62. The molecule has 114 valence electrons. The lowest BCUT2D eigenvalue weighted by Crippen LogP contribution is -2.47. The third-order valence-electron chi connectivity index (χ3n) is 2.40. The van der Waals surface area contributed by atoms with Gasteiger partial charge in [-0.15, -0.1) is 0 Å². The minimum atomic E-state index is -2.66. The van der Waals surface area contributed by atoms with Gasteiger partial charge >= 0.3 is 23.9 Å². The molecule has 0 fully saturated rings. The van der Waals surface area contributed by atoms with Crippen LogP contribution in [-0.2, 0) is 23.9 Å². The standard InChI is InChI=1S/C11H16O9/c1-6(5-12)2-9(17)20-11(10(18)19,3-7(13)14)4-8(15)16/h6,12H,2-5H2,1H3,(H,13,14)(H,15,16)(H,18,19). The second-order valence-electron chi connectivity index (χ2n) is 4.41. The molecule has 0 aliphatic rings. The summed E-state index contributed by atoms with van der Waals surface area (Å²) >= 11 is 0. The molecule has 0 spiro atoms. The predicted octanol–water partition coefficient (Wildman–Crippen LogP) is -0.679. The fourth-order valence-electron chi connectivity index (χ4n) is 1.43. The molecular weight excluding hydrogens is 276 g/mol. The summed E-state index contributed by atoms with van der Waals surface area (Å²) in [5.41, 5.74) is -2.66. The summed E-state index contributed by atoms with van der Waals surface area (Å²) in [6.07, 6.45) is -2.70. The maximum absolute atomic E-state index is 11.5. The monoisotopic (exact) mass is 292 g/mol. The highest BCUT2D eigenvalue weighted by Crippen LogP contribution is 2.23. The maximum atomic E-state index is 11.5. The molecule has 4 N–H and O–H groups in total. The predicted molar refractivity (Wildman–Crippen MR) is 61.8 cm³/mol. The van der Waals surface area contributed by atoms with Gasteiger partial charge in [-0.2, -0.15) is 0 Å². The van der Waals surface area contributed by atoms with E-state index >= 15 is 0 Å². The van der Waals surface area contributed by atoms with Crippen LogP contribution in [-0.4, -0.2) is 56.5 Å². The number of hydrogen-bond acceptors (Lipinski definition) is 6. The van der Waals surface area contributed by atoms with E-state index < -0.39 is 48.2 Å². The summed E-state index contributed by atoms with van der Waals surface area (Å²) in [6.45, 7) is 1.13. The Balaban J connectivity index is 5.17. The molecule has 1 unspecified atom stereocenters. The highest BCUT2D eigenvalue weighted by atomic mass is 16.6. The number of carboxylic acids is 3. The zero-order chi connectivity index (χ0) is 15.9. The number of rotatable bonds is 9. The van der Waals surface area contributed by atoms with E-state index in [1.807, 2.05) is 0 Å². The van der Waals surface area contributed by atoms with Gasteiger partial charge in [-0.05, 0) is 5.92 Å². The molecule has 0 aliphatic carbocycles. The van der Waals surface area contributed by atoms with Crippen LogP contribution in [0.15, 0.2) is 0 Å². The Hall–Kier alpha value is -2.16. The number of aliphatic hydroxyl groups excluding tert-OH is 1. The molecule has 0 aliphatic heterocycles. The van der Waals surface area contributed by atoms with Gasteiger partial charge in [0.05, 0.1) is 19.3 Å². The Morgan fingerprint density at radius 3 is 1.80 bits per heavy atom. The Labute approximate surface area is 113 Å². The first kappa shape index (κ1) is 17.8. The van der Waals surface area contributed by atoms with Crippen LogP contribution in [0.3, 0.4) is 0 Å². The Bertz CT molecular complexity index is 385. The molecule has 9 heteroatoms. The average molecular weight is 292 g/mol. The normalized spacial score (nSPS) is 12.5. The minimum Gasteiger partial charge on any atom is -0.481 e. The van der Waals surface area contributed by atoms with Crippen LogP contribution < -0.4 is 0 Å². The van der Waals surface area contributed by atoms with Crippen molar-refractivity contribution in [2.45, 2.75) is 31.8 Å². The highest BCUT2D eigenvalue weighted by Gasteiger charge is 2.47. The van der Waals surface area contributed by atoms with Gasteiger partial charge in [-0.3, -0.25) is 14.4 Å². The first-order valence-corrected chi connectivity index (χ1v) is 5.62. The molecule has 0 saturated carbocycles. The van der Waals surface area contributed by atoms with E-state index in [2.05, 4.69) is 4.74 Å². The quantitative estimate of drug-likeness (QED) is 0.404. The number of hydrogen-bond donors (Lipinski definition) is 4. The molecule has 0 rings (SSSR count). The van der Waals surface area contributed by atoms with E-state index in [-0.39, 0.29) is 13.0 Å². The fraction of sp³-hybridized carbons (Fsp3) is 0.636. The van der Waals surface area contributed by atoms with Gasteiger partial charge in [-0.25, -0.2) is 4.79 Å². The molecule has 0 saturated heterocycles. The molecule has 20 heavy (non-hydrogen) atoms. The van der Waals surface area contributed by atoms with E-state index in [4.69, 9.17) is 20.4 Å². The second kappa shape index (κ2) is 7.43. The molecule has 0 aromatic rings. The van der Waals surface area contributed by atoms with Crippen molar-refractivity contribution in [3.8, 4) is 0 Å². The third-order valence-corrected chi connectivity index (χ3v) is 2.40. The zero-order valence-electron chi connectivity index (χ0n) is 10.7. The number of carboxylic acid groups (broad SMARTS) is 3. The molecule has 0 heterocycles. The molecule has 1 atom stereocenters. The van der Waals surface area contributed by atoms with E-state index in [1.165, 1.54) is 6.92 Å². The number of aliphatic hydroxyl groups is 1. The number of carbonyl (C=O) groups is 4. The van der Waals surface area contributed by atoms with Gasteiger partial charge in [0.1, 0.15) is 0 Å². The SMILES string of the molecule is CC(CO)CC(=O)OC(CC(=O)O)(CC(=O)O)C(=O)O. The van der Waals surface area contributed by atoms with E-state index in [0.717, 1.165) is 0 Å². The molecular formula is C11H16O9. The van der Waals surface area contributed by atoms with Crippen molar-refractivity contribution in [2.75, 3.05) is 6.61 Å². The van der Waals surface area contributed by atoms with Crippen molar-refractivity contribution < 1.29 is 44.3 Å². The Morgan fingerprint density at radius 2 is 1.50 bits per heavy atom. The third kappa shape index (κ3) is 5.65. The largest absolute Gasteiger partial charge is 0.481 e. The van der Waals surface area contributed by atoms with Crippen LogP contribution in [0, 0.1) is 5.92 Å². The summed E-state index contributed by atoms with van der Waals surface area (Å²) < 4.78 is 4.58. The smallest absolute Gasteiger partial charge is 0.349 e. The van der Waals surface area contributed by atoms with Crippen LogP contribution in [0.1, 0.15) is 26.2 Å². The van der Waals surface area contributed by atoms with Crippen molar-refractivity contribution in [3.05, 3.63) is 0 Å². The van der Waals surface area contributed by atoms with Gasteiger partial charge in [0.2, 0.25) is 5.60 Å². The Kier molecular flexibility index (Phi) is 6.63. The van der Waals surface area contributed by atoms with Crippen molar-refractivity contribution in [1.82, 2.24) is 0 Å². The fourth-order valence-corrected chi connectivity index (χ4v) is 1.43. The van der Waals surface area contributed by atoms with Gasteiger partial charge in [0.25, 0.3) is 0 Å². The van der Waals surface area contributed by atoms with Crippen molar-refractivity contribution in [1.29, 1.82) is 0 Å². The Morgan fingerprint density at radius 1 is 1.05 bits per heavy atom. The summed E-state index contributed by atoms with van der Waals surface area (Å²) in [6, 6.07) is 0. The highest BCUT2D eigenvalue weighted by molar-refractivity contribution is 5.90. The van der Waals surface area contributed by atoms with Crippen LogP contribution in [0.2, 0.25) is 0 Å². The van der Waals surface area contributed by atoms with Crippen LogP contribution >= 0.6 is 0 Å². The van der Waals surface area contributed by atoms with Crippen molar-refractivity contribution in [2.24, 2.45) is 5.92 Å². The molecule has 9 nitrogen and oxygen atoms in total.